The van der Waals surface area contributed by atoms with Gasteiger partial charge in [-0.05, 0) is 61.3 Å². The summed E-state index contributed by atoms with van der Waals surface area (Å²) in [6.45, 7) is 5.66. The molecule has 1 amide bonds. The third-order valence-electron chi connectivity index (χ3n) is 6.01. The van der Waals surface area contributed by atoms with Crippen molar-refractivity contribution in [2.24, 2.45) is 5.92 Å². The van der Waals surface area contributed by atoms with Crippen LogP contribution in [0.1, 0.15) is 41.8 Å². The second-order valence-electron chi connectivity index (χ2n) is 8.32. The standard InChI is InChI=1S/C23H25N3O2S2/c1-14-7-8-19-18(11-14)12-20(30-19)21-24-25-23(28-21)29-15(2)22(27)26-10-9-16-5-3-4-6-17(16)13-26/h3-6,12,14-15H,7-11,13H2,1-2H3/t14-,15+/m1/s1. The topological polar surface area (TPSA) is 59.2 Å². The fourth-order valence-electron chi connectivity index (χ4n) is 4.31. The Kier molecular flexibility index (Phi) is 5.41. The van der Waals surface area contributed by atoms with Crippen molar-refractivity contribution in [1.29, 1.82) is 0 Å². The molecule has 0 bridgehead atoms. The molecule has 2 aromatic heterocycles. The van der Waals surface area contributed by atoms with Crippen LogP contribution >= 0.6 is 23.1 Å². The van der Waals surface area contributed by atoms with Crippen LogP contribution in [0.15, 0.2) is 40.0 Å². The number of thiophene rings is 1. The number of benzene rings is 1. The molecule has 30 heavy (non-hydrogen) atoms. The Labute approximate surface area is 184 Å². The van der Waals surface area contributed by atoms with Crippen molar-refractivity contribution in [3.63, 3.8) is 0 Å². The smallest absolute Gasteiger partial charge is 0.277 e. The van der Waals surface area contributed by atoms with Crippen LogP contribution in [0.5, 0.6) is 0 Å². The van der Waals surface area contributed by atoms with Gasteiger partial charge in [-0.1, -0.05) is 43.0 Å². The predicted molar refractivity (Wildman–Crippen MR) is 120 cm³/mol. The van der Waals surface area contributed by atoms with E-state index >= 15 is 0 Å². The molecule has 1 aliphatic heterocycles. The molecule has 3 heterocycles. The number of fused-ring (bicyclic) bond motifs is 2. The van der Waals surface area contributed by atoms with Gasteiger partial charge >= 0.3 is 0 Å². The minimum atomic E-state index is -0.263. The van der Waals surface area contributed by atoms with Gasteiger partial charge in [-0.15, -0.1) is 21.5 Å². The molecule has 1 aromatic carbocycles. The van der Waals surface area contributed by atoms with Gasteiger partial charge in [0.2, 0.25) is 5.91 Å². The van der Waals surface area contributed by atoms with Gasteiger partial charge in [0.05, 0.1) is 10.1 Å². The molecule has 0 unspecified atom stereocenters. The van der Waals surface area contributed by atoms with E-state index in [2.05, 4.69) is 41.4 Å². The Morgan fingerprint density at radius 3 is 2.93 bits per heavy atom. The van der Waals surface area contributed by atoms with Crippen LogP contribution in [-0.2, 0) is 30.6 Å². The summed E-state index contributed by atoms with van der Waals surface area (Å²) < 4.78 is 5.92. The van der Waals surface area contributed by atoms with Crippen molar-refractivity contribution >= 4 is 29.0 Å². The normalized spacial score (nSPS) is 19.3. The Hall–Kier alpha value is -2.12. The van der Waals surface area contributed by atoms with E-state index in [0.717, 1.165) is 36.6 Å². The number of hydrogen-bond acceptors (Lipinski definition) is 6. The van der Waals surface area contributed by atoms with E-state index in [1.165, 1.54) is 39.8 Å². The van der Waals surface area contributed by atoms with Gasteiger partial charge < -0.3 is 9.32 Å². The molecule has 0 spiro atoms. The molecular formula is C23H25N3O2S2. The van der Waals surface area contributed by atoms with Crippen LogP contribution < -0.4 is 0 Å². The molecule has 0 fully saturated rings. The average Bonchev–Trinajstić information content (AvgIpc) is 3.39. The summed E-state index contributed by atoms with van der Waals surface area (Å²) in [5, 5.41) is 8.65. The number of rotatable bonds is 4. The highest BCUT2D eigenvalue weighted by Gasteiger charge is 2.27. The van der Waals surface area contributed by atoms with Crippen molar-refractivity contribution in [2.45, 2.75) is 56.5 Å². The molecule has 1 aliphatic carbocycles. The summed E-state index contributed by atoms with van der Waals surface area (Å²) in [7, 11) is 0. The number of nitrogens with zero attached hydrogens (tertiary/aromatic N) is 3. The summed E-state index contributed by atoms with van der Waals surface area (Å²) in [6, 6.07) is 10.6. The molecule has 0 saturated carbocycles. The number of carbonyl (C=O) groups is 1. The first-order valence-electron chi connectivity index (χ1n) is 10.5. The molecular weight excluding hydrogens is 414 g/mol. The van der Waals surface area contributed by atoms with Gasteiger partial charge in [0.25, 0.3) is 11.1 Å². The monoisotopic (exact) mass is 439 g/mol. The van der Waals surface area contributed by atoms with Gasteiger partial charge in [0.1, 0.15) is 0 Å². The quantitative estimate of drug-likeness (QED) is 0.536. The highest BCUT2D eigenvalue weighted by molar-refractivity contribution is 8.00. The molecule has 156 valence electrons. The number of thioether (sulfide) groups is 1. The fraction of sp³-hybridized carbons (Fsp3) is 0.435. The van der Waals surface area contributed by atoms with Crippen molar-refractivity contribution in [1.82, 2.24) is 15.1 Å². The predicted octanol–water partition coefficient (Wildman–Crippen LogP) is 4.99. The Balaban J connectivity index is 1.25. The lowest BCUT2D eigenvalue weighted by atomic mass is 9.90. The third kappa shape index (κ3) is 3.93. The largest absolute Gasteiger partial charge is 0.410 e. The van der Waals surface area contributed by atoms with Crippen LogP contribution in [0.4, 0.5) is 0 Å². The number of hydrogen-bond donors (Lipinski definition) is 0. The van der Waals surface area contributed by atoms with Crippen LogP contribution in [0.25, 0.3) is 10.8 Å². The van der Waals surface area contributed by atoms with E-state index in [4.69, 9.17) is 4.42 Å². The zero-order valence-corrected chi connectivity index (χ0v) is 18.9. The van der Waals surface area contributed by atoms with Crippen molar-refractivity contribution < 1.29 is 9.21 Å². The number of aromatic nitrogens is 2. The zero-order chi connectivity index (χ0) is 20.7. The van der Waals surface area contributed by atoms with E-state index in [-0.39, 0.29) is 11.2 Å². The molecule has 0 N–H and O–H groups in total. The SMILES string of the molecule is C[C@@H]1CCc2sc(-c3nnc(S[C@@H](C)C(=O)N4CCc5ccccc5C4)o3)cc2C1. The Morgan fingerprint density at radius 1 is 1.23 bits per heavy atom. The molecule has 2 aliphatic rings. The zero-order valence-electron chi connectivity index (χ0n) is 17.3. The summed E-state index contributed by atoms with van der Waals surface area (Å²) in [4.78, 5) is 17.4. The molecule has 3 aromatic rings. The molecule has 5 nitrogen and oxygen atoms in total. The van der Waals surface area contributed by atoms with Gasteiger partial charge in [0.15, 0.2) is 0 Å². The lowest BCUT2D eigenvalue weighted by Crippen LogP contribution is -2.40. The van der Waals surface area contributed by atoms with Crippen LogP contribution in [-0.4, -0.2) is 32.8 Å². The highest BCUT2D eigenvalue weighted by Crippen LogP contribution is 2.37. The van der Waals surface area contributed by atoms with E-state index in [9.17, 15) is 4.79 Å². The van der Waals surface area contributed by atoms with E-state index in [1.54, 1.807) is 11.3 Å². The van der Waals surface area contributed by atoms with Crippen molar-refractivity contribution in [3.8, 4) is 10.8 Å². The first-order chi connectivity index (χ1) is 14.6. The molecule has 5 rings (SSSR count). The first-order valence-corrected chi connectivity index (χ1v) is 12.2. The second kappa shape index (κ2) is 8.19. The van der Waals surface area contributed by atoms with Gasteiger partial charge in [0, 0.05) is 18.0 Å². The third-order valence-corrected chi connectivity index (χ3v) is 8.16. The fourth-order valence-corrected chi connectivity index (χ4v) is 6.21. The number of carbonyl (C=O) groups excluding carboxylic acids is 1. The summed E-state index contributed by atoms with van der Waals surface area (Å²) in [5.41, 5.74) is 4.01. The second-order valence-corrected chi connectivity index (χ2v) is 10.7. The Bertz CT molecular complexity index is 1070. The molecule has 2 atom stereocenters. The summed E-state index contributed by atoms with van der Waals surface area (Å²) in [6.07, 6.45) is 4.43. The highest BCUT2D eigenvalue weighted by atomic mass is 32.2. The minimum Gasteiger partial charge on any atom is -0.410 e. The van der Waals surface area contributed by atoms with Crippen LogP contribution in [0, 0.1) is 5.92 Å². The van der Waals surface area contributed by atoms with Gasteiger partial charge in [-0.2, -0.15) is 0 Å². The maximum Gasteiger partial charge on any atom is 0.277 e. The number of amides is 1. The van der Waals surface area contributed by atoms with Crippen molar-refractivity contribution in [2.75, 3.05) is 6.54 Å². The maximum atomic E-state index is 13.0. The van der Waals surface area contributed by atoms with Gasteiger partial charge in [-0.25, -0.2) is 0 Å². The lowest BCUT2D eigenvalue weighted by molar-refractivity contribution is -0.131. The minimum absolute atomic E-state index is 0.120. The summed E-state index contributed by atoms with van der Waals surface area (Å²) in [5.74, 6) is 1.42. The molecule has 7 heteroatoms. The maximum absolute atomic E-state index is 13.0. The van der Waals surface area contributed by atoms with Crippen LogP contribution in [0.3, 0.4) is 0 Å². The Morgan fingerprint density at radius 2 is 2.07 bits per heavy atom. The lowest BCUT2D eigenvalue weighted by Gasteiger charge is -2.30. The first kappa shape index (κ1) is 19.8. The van der Waals surface area contributed by atoms with Gasteiger partial charge in [-0.3, -0.25) is 4.79 Å². The van der Waals surface area contributed by atoms with Crippen molar-refractivity contribution in [3.05, 3.63) is 51.9 Å². The van der Waals surface area contributed by atoms with E-state index in [1.807, 2.05) is 17.9 Å². The molecule has 0 saturated heterocycles. The van der Waals surface area contributed by atoms with Crippen LogP contribution in [0.2, 0.25) is 0 Å². The number of aryl methyl sites for hydroxylation is 1. The summed E-state index contributed by atoms with van der Waals surface area (Å²) >= 11 is 3.12. The average molecular weight is 440 g/mol. The van der Waals surface area contributed by atoms with E-state index < -0.39 is 0 Å². The van der Waals surface area contributed by atoms with E-state index in [0.29, 0.717) is 17.7 Å². The molecule has 0 radical (unpaired) electrons.